The van der Waals surface area contributed by atoms with Crippen molar-refractivity contribution in [2.75, 3.05) is 36.1 Å². The Morgan fingerprint density at radius 1 is 1.11 bits per heavy atom. The van der Waals surface area contributed by atoms with Crippen molar-refractivity contribution in [2.24, 2.45) is 0 Å². The molecule has 0 aliphatic carbocycles. The summed E-state index contributed by atoms with van der Waals surface area (Å²) < 4.78 is 5.46. The van der Waals surface area contributed by atoms with E-state index < -0.39 is 6.09 Å². The number of carboxylic acid groups (broad SMARTS) is 1. The molecule has 0 aromatic heterocycles. The van der Waals surface area contributed by atoms with Crippen LogP contribution in [0.4, 0.5) is 16.2 Å². The van der Waals surface area contributed by atoms with Gasteiger partial charge in [0.1, 0.15) is 0 Å². The van der Waals surface area contributed by atoms with E-state index in [1.807, 2.05) is 30.3 Å². The van der Waals surface area contributed by atoms with E-state index in [9.17, 15) is 9.90 Å². The quantitative estimate of drug-likeness (QED) is 0.854. The topological polar surface area (TPSA) is 53.0 Å². The average Bonchev–Trinajstić information content (AvgIpc) is 2.68. The molecule has 1 atom stereocenters. The van der Waals surface area contributed by atoms with Gasteiger partial charge >= 0.3 is 6.09 Å². The number of morpholine rings is 1. The fraction of sp³-hybridized carbons (Fsp3) is 0.409. The molecule has 1 fully saturated rings. The summed E-state index contributed by atoms with van der Waals surface area (Å²) in [7, 11) is 0. The lowest BCUT2D eigenvalue weighted by molar-refractivity contribution is 0.122. The number of anilines is 2. The van der Waals surface area contributed by atoms with Crippen LogP contribution in [0, 0.1) is 0 Å². The maximum atomic E-state index is 12.2. The SMILES string of the molecule is CC1(C)CC(c2cccc(N3CCOCC3)c2)N(C(=O)O)c2ccccc21. The van der Waals surface area contributed by atoms with E-state index in [4.69, 9.17) is 4.74 Å². The predicted molar refractivity (Wildman–Crippen MR) is 107 cm³/mol. The van der Waals surface area contributed by atoms with Gasteiger partial charge in [0.2, 0.25) is 0 Å². The number of fused-ring (bicyclic) bond motifs is 1. The van der Waals surface area contributed by atoms with E-state index in [0.29, 0.717) is 0 Å². The summed E-state index contributed by atoms with van der Waals surface area (Å²) in [6.07, 6.45) is -0.150. The fourth-order valence-corrected chi connectivity index (χ4v) is 4.36. The second kappa shape index (κ2) is 6.89. The van der Waals surface area contributed by atoms with Crippen LogP contribution in [-0.4, -0.2) is 37.5 Å². The molecule has 4 rings (SSSR count). The van der Waals surface area contributed by atoms with Gasteiger partial charge in [-0.3, -0.25) is 4.90 Å². The molecule has 0 saturated carbocycles. The summed E-state index contributed by atoms with van der Waals surface area (Å²) in [6, 6.07) is 16.0. The first-order chi connectivity index (χ1) is 13.0. The number of nitrogens with zero attached hydrogens (tertiary/aromatic N) is 2. The predicted octanol–water partition coefficient (Wildman–Crippen LogP) is 4.43. The van der Waals surface area contributed by atoms with Gasteiger partial charge in [0.05, 0.1) is 24.9 Å². The van der Waals surface area contributed by atoms with Crippen molar-refractivity contribution in [3.63, 3.8) is 0 Å². The van der Waals surface area contributed by atoms with Gasteiger partial charge in [0.15, 0.2) is 0 Å². The van der Waals surface area contributed by atoms with Crippen LogP contribution >= 0.6 is 0 Å². The number of hydrogen-bond acceptors (Lipinski definition) is 3. The highest BCUT2D eigenvalue weighted by molar-refractivity contribution is 5.89. The normalized spacial score (nSPS) is 21.6. The van der Waals surface area contributed by atoms with Gasteiger partial charge < -0.3 is 14.7 Å². The van der Waals surface area contributed by atoms with Crippen LogP contribution in [0.15, 0.2) is 48.5 Å². The lowest BCUT2D eigenvalue weighted by Gasteiger charge is -2.44. The van der Waals surface area contributed by atoms with Crippen LogP contribution in [0.5, 0.6) is 0 Å². The minimum absolute atomic E-state index is 0.0951. The van der Waals surface area contributed by atoms with Gasteiger partial charge in [-0.25, -0.2) is 4.79 Å². The van der Waals surface area contributed by atoms with Gasteiger partial charge in [-0.1, -0.05) is 44.2 Å². The number of amides is 1. The second-order valence-electron chi connectivity index (χ2n) is 7.97. The number of carbonyl (C=O) groups is 1. The number of para-hydroxylation sites is 1. The van der Waals surface area contributed by atoms with Crippen molar-refractivity contribution in [3.8, 4) is 0 Å². The van der Waals surface area contributed by atoms with Crippen molar-refractivity contribution in [1.29, 1.82) is 0 Å². The molecule has 0 bridgehead atoms. The molecule has 0 spiro atoms. The van der Waals surface area contributed by atoms with E-state index in [-0.39, 0.29) is 11.5 Å². The van der Waals surface area contributed by atoms with Crippen LogP contribution in [0.3, 0.4) is 0 Å². The van der Waals surface area contributed by atoms with E-state index >= 15 is 0 Å². The van der Waals surface area contributed by atoms with Crippen LogP contribution in [0.25, 0.3) is 0 Å². The summed E-state index contributed by atoms with van der Waals surface area (Å²) in [5.41, 5.74) is 3.97. The van der Waals surface area contributed by atoms with Crippen molar-refractivity contribution in [2.45, 2.75) is 31.7 Å². The van der Waals surface area contributed by atoms with Crippen molar-refractivity contribution >= 4 is 17.5 Å². The molecule has 27 heavy (non-hydrogen) atoms. The molecule has 0 radical (unpaired) electrons. The highest BCUT2D eigenvalue weighted by Gasteiger charge is 2.40. The van der Waals surface area contributed by atoms with E-state index in [1.54, 1.807) is 4.90 Å². The molecule has 2 aromatic carbocycles. The number of benzene rings is 2. The fourth-order valence-electron chi connectivity index (χ4n) is 4.36. The van der Waals surface area contributed by atoms with Gasteiger partial charge in [-0.15, -0.1) is 0 Å². The smallest absolute Gasteiger partial charge is 0.412 e. The van der Waals surface area contributed by atoms with Crippen molar-refractivity contribution in [1.82, 2.24) is 0 Å². The maximum absolute atomic E-state index is 12.2. The van der Waals surface area contributed by atoms with Crippen LogP contribution < -0.4 is 9.80 Å². The van der Waals surface area contributed by atoms with Crippen molar-refractivity contribution < 1.29 is 14.6 Å². The largest absolute Gasteiger partial charge is 0.465 e. The minimum Gasteiger partial charge on any atom is -0.465 e. The summed E-state index contributed by atoms with van der Waals surface area (Å²) >= 11 is 0. The summed E-state index contributed by atoms with van der Waals surface area (Å²) in [4.78, 5) is 16.0. The van der Waals surface area contributed by atoms with Crippen LogP contribution in [0.2, 0.25) is 0 Å². The van der Waals surface area contributed by atoms with E-state index in [0.717, 1.165) is 55.2 Å². The Kier molecular flexibility index (Phi) is 4.56. The van der Waals surface area contributed by atoms with Crippen LogP contribution in [0.1, 0.15) is 37.4 Å². The lowest BCUT2D eigenvalue weighted by Crippen LogP contribution is -2.43. The Hall–Kier alpha value is -2.53. The summed E-state index contributed by atoms with van der Waals surface area (Å²) in [6.45, 7) is 7.59. The van der Waals surface area contributed by atoms with Crippen molar-refractivity contribution in [3.05, 3.63) is 59.7 Å². The molecule has 2 aromatic rings. The summed E-state index contributed by atoms with van der Waals surface area (Å²) in [5.74, 6) is 0. The van der Waals surface area contributed by atoms with Gasteiger partial charge in [0.25, 0.3) is 0 Å². The van der Waals surface area contributed by atoms with E-state index in [1.165, 1.54) is 0 Å². The highest BCUT2D eigenvalue weighted by atomic mass is 16.5. The van der Waals surface area contributed by atoms with E-state index in [2.05, 4.69) is 36.9 Å². The maximum Gasteiger partial charge on any atom is 0.412 e. The second-order valence-corrected chi connectivity index (χ2v) is 7.97. The molecule has 1 saturated heterocycles. The Morgan fingerprint density at radius 2 is 1.85 bits per heavy atom. The molecular weight excluding hydrogens is 340 g/mol. The molecule has 2 aliphatic heterocycles. The molecule has 5 heteroatoms. The molecule has 5 nitrogen and oxygen atoms in total. The van der Waals surface area contributed by atoms with Gasteiger partial charge in [0, 0.05) is 18.8 Å². The third-order valence-corrected chi connectivity index (χ3v) is 5.75. The number of rotatable bonds is 2. The monoisotopic (exact) mass is 366 g/mol. The number of ether oxygens (including phenoxy) is 1. The molecule has 142 valence electrons. The average molecular weight is 366 g/mol. The Balaban J connectivity index is 1.75. The first-order valence-corrected chi connectivity index (χ1v) is 9.52. The first-order valence-electron chi connectivity index (χ1n) is 9.52. The third kappa shape index (κ3) is 3.28. The van der Waals surface area contributed by atoms with Gasteiger partial charge in [-0.2, -0.15) is 0 Å². The Bertz CT molecular complexity index is 843. The zero-order chi connectivity index (χ0) is 19.0. The molecular formula is C22H26N2O3. The first kappa shape index (κ1) is 17.9. The molecule has 2 aliphatic rings. The minimum atomic E-state index is -0.903. The standard InChI is InChI=1S/C22H26N2O3/c1-22(2)15-20(24(21(25)26)19-9-4-3-8-18(19)22)16-6-5-7-17(14-16)23-10-12-27-13-11-23/h3-9,14,20H,10-13,15H2,1-2H3,(H,25,26). The lowest BCUT2D eigenvalue weighted by atomic mass is 9.73. The molecule has 1 N–H and O–H groups in total. The Morgan fingerprint density at radius 3 is 2.59 bits per heavy atom. The Labute approximate surface area is 160 Å². The molecule has 2 heterocycles. The molecule has 1 amide bonds. The summed E-state index contributed by atoms with van der Waals surface area (Å²) in [5, 5.41) is 10.0. The highest BCUT2D eigenvalue weighted by Crippen LogP contribution is 2.48. The zero-order valence-corrected chi connectivity index (χ0v) is 15.9. The number of hydrogen-bond donors (Lipinski definition) is 1. The molecule has 1 unspecified atom stereocenters. The zero-order valence-electron chi connectivity index (χ0n) is 15.9. The third-order valence-electron chi connectivity index (χ3n) is 5.75. The van der Waals surface area contributed by atoms with Gasteiger partial charge in [-0.05, 0) is 41.2 Å². The van der Waals surface area contributed by atoms with Crippen LogP contribution in [-0.2, 0) is 10.2 Å².